The summed E-state index contributed by atoms with van der Waals surface area (Å²) < 4.78 is 0. The summed E-state index contributed by atoms with van der Waals surface area (Å²) in [5, 5.41) is 9.47. The third-order valence-corrected chi connectivity index (χ3v) is 2.55. The molecule has 3 N–H and O–H groups in total. The first-order valence-electron chi connectivity index (χ1n) is 4.52. The minimum absolute atomic E-state index is 0.428. The van der Waals surface area contributed by atoms with E-state index in [1.807, 2.05) is 23.0 Å². The van der Waals surface area contributed by atoms with E-state index in [2.05, 4.69) is 0 Å². The van der Waals surface area contributed by atoms with E-state index in [4.69, 9.17) is 5.73 Å². The van der Waals surface area contributed by atoms with Gasteiger partial charge in [-0.15, -0.1) is 0 Å². The number of hydrogen-bond acceptors (Lipinski definition) is 3. The quantitative estimate of drug-likeness (QED) is 0.490. The van der Waals surface area contributed by atoms with Crippen LogP contribution in [0.25, 0.3) is 0 Å². The van der Waals surface area contributed by atoms with Gasteiger partial charge < -0.3 is 15.6 Å². The lowest BCUT2D eigenvalue weighted by Crippen LogP contribution is -2.35. The van der Waals surface area contributed by atoms with Gasteiger partial charge in [-0.1, -0.05) is 6.07 Å². The van der Waals surface area contributed by atoms with Crippen molar-refractivity contribution in [1.82, 2.24) is 0 Å². The van der Waals surface area contributed by atoms with Gasteiger partial charge in [0.25, 0.3) is 0 Å². The molecule has 0 aliphatic carbocycles. The van der Waals surface area contributed by atoms with Crippen LogP contribution in [0.1, 0.15) is 5.56 Å². The van der Waals surface area contributed by atoms with Crippen LogP contribution in [0.5, 0.6) is 0 Å². The van der Waals surface area contributed by atoms with Crippen LogP contribution in [0, 0.1) is 0 Å². The summed E-state index contributed by atoms with van der Waals surface area (Å²) in [7, 11) is -0.428. The smallest absolute Gasteiger partial charge is 0.409 e. The summed E-state index contributed by atoms with van der Waals surface area (Å²) in [4.78, 5) is 1.96. The lowest BCUT2D eigenvalue weighted by molar-refractivity contribution is 0.572. The number of hydrogen-bond donors (Lipinski definition) is 2. The Morgan fingerprint density at radius 3 is 3.00 bits per heavy atom. The van der Waals surface area contributed by atoms with E-state index in [0.29, 0.717) is 0 Å². The van der Waals surface area contributed by atoms with E-state index in [0.717, 1.165) is 24.3 Å². The molecule has 4 heteroatoms. The zero-order valence-electron chi connectivity index (χ0n) is 7.70. The predicted molar refractivity (Wildman–Crippen MR) is 55.7 cm³/mol. The fourth-order valence-corrected chi connectivity index (χ4v) is 1.87. The average Bonchev–Trinajstić information content (AvgIpc) is 2.48. The van der Waals surface area contributed by atoms with Gasteiger partial charge in [-0.3, -0.25) is 0 Å². The molecule has 0 fully saturated rings. The molecule has 13 heavy (non-hydrogen) atoms. The molecule has 0 saturated heterocycles. The summed E-state index contributed by atoms with van der Waals surface area (Å²) >= 11 is 0. The highest BCUT2D eigenvalue weighted by Gasteiger charge is 2.25. The minimum atomic E-state index is -0.428. The predicted octanol–water partition coefficient (Wildman–Crippen LogP) is 0.742. The van der Waals surface area contributed by atoms with Gasteiger partial charge in [0.2, 0.25) is 0 Å². The Labute approximate surface area is 78.3 Å². The lowest BCUT2D eigenvalue weighted by atomic mass is 9.85. The Balaban J connectivity index is 2.43. The van der Waals surface area contributed by atoms with Gasteiger partial charge in [0.05, 0.1) is 0 Å². The van der Waals surface area contributed by atoms with Crippen LogP contribution in [0.15, 0.2) is 18.2 Å². The zero-order valence-corrected chi connectivity index (χ0v) is 7.70. The van der Waals surface area contributed by atoms with Crippen molar-refractivity contribution in [3.05, 3.63) is 23.8 Å². The van der Waals surface area contributed by atoms with Crippen molar-refractivity contribution in [3.8, 4) is 0 Å². The summed E-state index contributed by atoms with van der Waals surface area (Å²) in [5.74, 6) is 0. The van der Waals surface area contributed by atoms with E-state index in [-0.39, 0.29) is 0 Å². The second-order valence-corrected chi connectivity index (χ2v) is 3.42. The third kappa shape index (κ3) is 1.27. The molecule has 1 aliphatic rings. The van der Waals surface area contributed by atoms with Crippen LogP contribution < -0.4 is 10.5 Å². The number of nitrogens with two attached hydrogens (primary N) is 1. The zero-order chi connectivity index (χ0) is 9.42. The van der Waals surface area contributed by atoms with Crippen LogP contribution in [0.4, 0.5) is 11.4 Å². The Hall–Kier alpha value is -1.16. The summed E-state index contributed by atoms with van der Waals surface area (Å²) in [6, 6.07) is 5.84. The van der Waals surface area contributed by atoms with Gasteiger partial charge in [0.1, 0.15) is 0 Å². The molecule has 1 aromatic rings. The molecule has 1 aromatic carbocycles. The van der Waals surface area contributed by atoms with Crippen molar-refractivity contribution < 1.29 is 5.02 Å². The van der Waals surface area contributed by atoms with Crippen LogP contribution in [0.3, 0.4) is 0 Å². The van der Waals surface area contributed by atoms with Crippen LogP contribution >= 0.6 is 0 Å². The molecular weight excluding hydrogens is 163 g/mol. The molecule has 0 spiro atoms. The summed E-state index contributed by atoms with van der Waals surface area (Å²) in [6.45, 7) is 2.64. The van der Waals surface area contributed by atoms with Crippen LogP contribution in [-0.2, 0) is 6.42 Å². The number of nitrogen functional groups attached to an aromatic ring is 1. The maximum absolute atomic E-state index is 9.47. The fourth-order valence-electron chi connectivity index (χ4n) is 1.87. The molecule has 0 aromatic heterocycles. The van der Waals surface area contributed by atoms with Crippen molar-refractivity contribution in [2.75, 3.05) is 17.1 Å². The first-order valence-corrected chi connectivity index (χ1v) is 4.52. The molecule has 1 aliphatic heterocycles. The first kappa shape index (κ1) is 8.44. The van der Waals surface area contributed by atoms with Crippen molar-refractivity contribution in [2.45, 2.75) is 13.2 Å². The van der Waals surface area contributed by atoms with Crippen molar-refractivity contribution in [2.24, 2.45) is 0 Å². The average molecular weight is 176 g/mol. The third-order valence-electron chi connectivity index (χ3n) is 2.55. The number of anilines is 2. The lowest BCUT2D eigenvalue weighted by Gasteiger charge is -2.19. The van der Waals surface area contributed by atoms with Gasteiger partial charge in [-0.2, -0.15) is 0 Å². The normalized spacial score (nSPS) is 14.5. The Morgan fingerprint density at radius 1 is 1.54 bits per heavy atom. The standard InChI is InChI=1S/C9H13BN2O/c1-10(13)12-6-5-7-8(11)3-2-4-9(7)12/h2-4,13H,5-6,11H2,1H3. The Kier molecular flexibility index (Phi) is 1.92. The maximum Gasteiger partial charge on any atom is 0.409 e. The molecule has 0 saturated carbocycles. The van der Waals surface area contributed by atoms with E-state index >= 15 is 0 Å². The maximum atomic E-state index is 9.47. The molecule has 0 unspecified atom stereocenters. The van der Waals surface area contributed by atoms with Crippen LogP contribution in [0.2, 0.25) is 6.82 Å². The van der Waals surface area contributed by atoms with Crippen molar-refractivity contribution >= 4 is 18.4 Å². The summed E-state index contributed by atoms with van der Waals surface area (Å²) in [5.41, 5.74) is 8.91. The monoisotopic (exact) mass is 176 g/mol. The van der Waals surface area contributed by atoms with Gasteiger partial charge in [0, 0.05) is 17.9 Å². The fraction of sp³-hybridized carbons (Fsp3) is 0.333. The first-order chi connectivity index (χ1) is 6.20. The van der Waals surface area contributed by atoms with E-state index < -0.39 is 7.05 Å². The minimum Gasteiger partial charge on any atom is -0.432 e. The molecule has 3 nitrogen and oxygen atoms in total. The number of fused-ring (bicyclic) bond motifs is 1. The van der Waals surface area contributed by atoms with Gasteiger partial charge in [-0.25, -0.2) is 0 Å². The molecule has 0 amide bonds. The SMILES string of the molecule is CB(O)N1CCc2c(N)cccc21. The molecule has 0 radical (unpaired) electrons. The molecule has 0 bridgehead atoms. The van der Waals surface area contributed by atoms with Gasteiger partial charge >= 0.3 is 7.05 Å². The molecule has 1 heterocycles. The van der Waals surface area contributed by atoms with Gasteiger partial charge in [-0.05, 0) is 30.9 Å². The van der Waals surface area contributed by atoms with Crippen LogP contribution in [-0.4, -0.2) is 18.6 Å². The van der Waals surface area contributed by atoms with E-state index in [1.54, 1.807) is 6.82 Å². The second kappa shape index (κ2) is 2.96. The summed E-state index contributed by atoms with van der Waals surface area (Å²) in [6.07, 6.45) is 0.937. The molecule has 2 rings (SSSR count). The van der Waals surface area contributed by atoms with E-state index in [1.165, 1.54) is 5.56 Å². The number of benzene rings is 1. The Morgan fingerprint density at radius 2 is 2.31 bits per heavy atom. The number of rotatable bonds is 1. The highest BCUT2D eigenvalue weighted by atomic mass is 16.2. The van der Waals surface area contributed by atoms with Crippen molar-refractivity contribution in [3.63, 3.8) is 0 Å². The highest BCUT2D eigenvalue weighted by Crippen LogP contribution is 2.32. The Bertz CT molecular complexity index is 327. The van der Waals surface area contributed by atoms with Gasteiger partial charge in [0.15, 0.2) is 0 Å². The second-order valence-electron chi connectivity index (χ2n) is 3.42. The topological polar surface area (TPSA) is 49.5 Å². The molecule has 0 atom stereocenters. The molecule has 68 valence electrons. The van der Waals surface area contributed by atoms with E-state index in [9.17, 15) is 5.02 Å². The number of nitrogens with zero attached hydrogens (tertiary/aromatic N) is 1. The largest absolute Gasteiger partial charge is 0.432 e. The highest BCUT2D eigenvalue weighted by molar-refractivity contribution is 6.54. The van der Waals surface area contributed by atoms with Crippen molar-refractivity contribution in [1.29, 1.82) is 0 Å². The molecular formula is C9H13BN2O.